The number of carbonyl (C=O) groups excluding carboxylic acids is 1. The summed E-state index contributed by atoms with van der Waals surface area (Å²) in [6, 6.07) is 13.4. The molecule has 0 unspecified atom stereocenters. The molecule has 0 aliphatic carbocycles. The van der Waals surface area contributed by atoms with E-state index in [-0.39, 0.29) is 4.90 Å². The molecule has 0 fully saturated rings. The van der Waals surface area contributed by atoms with Crippen molar-refractivity contribution in [3.05, 3.63) is 60.4 Å². The van der Waals surface area contributed by atoms with Crippen molar-refractivity contribution in [1.82, 2.24) is 14.8 Å². The van der Waals surface area contributed by atoms with Crippen molar-refractivity contribution in [2.45, 2.75) is 11.8 Å². The number of sulfonamides is 1. The number of hydrogen-bond acceptors (Lipinski definition) is 4. The normalized spacial score (nSPS) is 11.5. The van der Waals surface area contributed by atoms with E-state index in [1.807, 2.05) is 13.0 Å². The van der Waals surface area contributed by atoms with Crippen molar-refractivity contribution in [1.29, 1.82) is 0 Å². The lowest BCUT2D eigenvalue weighted by Crippen LogP contribution is -2.42. The summed E-state index contributed by atoms with van der Waals surface area (Å²) in [6.07, 6.45) is 1.70. The Bertz CT molecular complexity index is 1060. The number of nitrogens with one attached hydrogen (secondary N) is 2. The summed E-state index contributed by atoms with van der Waals surface area (Å²) in [4.78, 5) is 14.3. The molecule has 1 amide bonds. The van der Waals surface area contributed by atoms with Gasteiger partial charge in [0.05, 0.1) is 11.5 Å². The zero-order chi connectivity index (χ0) is 18.7. The van der Waals surface area contributed by atoms with Crippen LogP contribution in [0, 0.1) is 0 Å². The van der Waals surface area contributed by atoms with Gasteiger partial charge in [0, 0.05) is 24.0 Å². The molecule has 0 saturated carbocycles. The fraction of sp³-hybridized carbons (Fsp3) is 0.167. The maximum Gasteiger partial charge on any atom is 0.282 e. The van der Waals surface area contributed by atoms with E-state index in [2.05, 4.69) is 10.3 Å². The molecule has 0 spiro atoms. The van der Waals surface area contributed by atoms with Gasteiger partial charge in [-0.1, -0.05) is 24.3 Å². The van der Waals surface area contributed by atoms with Gasteiger partial charge in [-0.15, -0.1) is 4.83 Å². The Morgan fingerprint density at radius 1 is 1.08 bits per heavy atom. The van der Waals surface area contributed by atoms with Crippen LogP contribution in [0.1, 0.15) is 17.4 Å². The van der Waals surface area contributed by atoms with Crippen molar-refractivity contribution in [2.75, 3.05) is 6.61 Å². The number of aromatic nitrogens is 1. The number of amides is 1. The number of fused-ring (bicyclic) bond motifs is 1. The number of carbonyl (C=O) groups is 1. The molecular formula is C18H19N3O4S. The van der Waals surface area contributed by atoms with E-state index in [1.165, 1.54) is 6.07 Å². The van der Waals surface area contributed by atoms with Gasteiger partial charge in [0.25, 0.3) is 15.9 Å². The molecule has 1 aromatic heterocycles. The zero-order valence-corrected chi connectivity index (χ0v) is 15.2. The lowest BCUT2D eigenvalue weighted by atomic mass is 10.1. The minimum absolute atomic E-state index is 0.0590. The summed E-state index contributed by atoms with van der Waals surface area (Å²) in [5.74, 6) is 0.0613. The van der Waals surface area contributed by atoms with Gasteiger partial charge in [-0.25, -0.2) is 8.42 Å². The molecule has 0 bridgehead atoms. The van der Waals surface area contributed by atoms with Crippen LogP contribution in [-0.4, -0.2) is 25.5 Å². The minimum atomic E-state index is -3.96. The van der Waals surface area contributed by atoms with Crippen LogP contribution in [0.3, 0.4) is 0 Å². The van der Waals surface area contributed by atoms with Crippen LogP contribution in [-0.2, 0) is 17.1 Å². The van der Waals surface area contributed by atoms with Crippen LogP contribution in [0.15, 0.2) is 59.6 Å². The number of hydrogen-bond donors (Lipinski definition) is 2. The Kier molecular flexibility index (Phi) is 4.97. The van der Waals surface area contributed by atoms with Crippen LogP contribution in [0.4, 0.5) is 0 Å². The summed E-state index contributed by atoms with van der Waals surface area (Å²) < 4.78 is 32.6. The van der Waals surface area contributed by atoms with Crippen molar-refractivity contribution in [3.8, 4) is 5.75 Å². The van der Waals surface area contributed by atoms with Gasteiger partial charge < -0.3 is 9.30 Å². The predicted molar refractivity (Wildman–Crippen MR) is 98.3 cm³/mol. The monoisotopic (exact) mass is 373 g/mol. The lowest BCUT2D eigenvalue weighted by molar-refractivity contribution is 0.0937. The van der Waals surface area contributed by atoms with Crippen LogP contribution in [0.5, 0.6) is 5.75 Å². The van der Waals surface area contributed by atoms with Gasteiger partial charge in [0.1, 0.15) is 11.4 Å². The van der Waals surface area contributed by atoms with E-state index in [4.69, 9.17) is 4.74 Å². The maximum atomic E-state index is 12.7. The number of rotatable bonds is 6. The zero-order valence-electron chi connectivity index (χ0n) is 14.4. The van der Waals surface area contributed by atoms with Gasteiger partial charge >= 0.3 is 0 Å². The number of aryl methyl sites for hydroxylation is 1. The SMILES string of the molecule is CCOc1ccc(S(=O)(=O)NNC(=O)c2cccn2C)c2ccccc12. The van der Waals surface area contributed by atoms with E-state index in [0.717, 1.165) is 0 Å². The molecule has 0 aliphatic heterocycles. The smallest absolute Gasteiger partial charge is 0.282 e. The second-order valence-corrected chi connectivity index (χ2v) is 7.26. The highest BCUT2D eigenvalue weighted by molar-refractivity contribution is 7.89. The largest absolute Gasteiger partial charge is 0.493 e. The van der Waals surface area contributed by atoms with E-state index < -0.39 is 15.9 Å². The standard InChI is InChI=1S/C18H19N3O4S/c1-3-25-16-10-11-17(14-8-5-4-7-13(14)16)26(23,24)20-19-18(22)15-9-6-12-21(15)2/h4-12,20H,3H2,1-2H3,(H,19,22). The minimum Gasteiger partial charge on any atom is -0.493 e. The number of nitrogens with zero attached hydrogens (tertiary/aromatic N) is 1. The first-order valence-electron chi connectivity index (χ1n) is 8.02. The van der Waals surface area contributed by atoms with Gasteiger partial charge in [0.2, 0.25) is 0 Å². The second-order valence-electron chi connectivity index (χ2n) is 5.60. The van der Waals surface area contributed by atoms with E-state index >= 15 is 0 Å². The third kappa shape index (κ3) is 3.42. The van der Waals surface area contributed by atoms with Crippen LogP contribution < -0.4 is 15.0 Å². The van der Waals surface area contributed by atoms with E-state index in [9.17, 15) is 13.2 Å². The van der Waals surface area contributed by atoms with Gasteiger partial charge in [-0.3, -0.25) is 10.2 Å². The third-order valence-corrected chi connectivity index (χ3v) is 5.21. The fourth-order valence-corrected chi connectivity index (χ4v) is 3.74. The first kappa shape index (κ1) is 18.0. The average molecular weight is 373 g/mol. The molecule has 2 N–H and O–H groups in total. The molecule has 0 saturated heterocycles. The summed E-state index contributed by atoms with van der Waals surface area (Å²) >= 11 is 0. The second kappa shape index (κ2) is 7.19. The molecule has 3 aromatic rings. The van der Waals surface area contributed by atoms with Gasteiger partial charge in [-0.05, 0) is 31.2 Å². The van der Waals surface area contributed by atoms with Gasteiger partial charge in [0.15, 0.2) is 0 Å². The average Bonchev–Trinajstić information content (AvgIpc) is 3.06. The number of hydrazine groups is 1. The number of ether oxygens (including phenoxy) is 1. The summed E-state index contributed by atoms with van der Waals surface area (Å²) in [6.45, 7) is 2.33. The molecular weight excluding hydrogens is 354 g/mol. The van der Waals surface area contributed by atoms with Crippen LogP contribution in [0.25, 0.3) is 10.8 Å². The van der Waals surface area contributed by atoms with E-state index in [0.29, 0.717) is 28.8 Å². The first-order valence-corrected chi connectivity index (χ1v) is 9.50. The third-order valence-electron chi connectivity index (χ3n) is 3.91. The van der Waals surface area contributed by atoms with Crippen molar-refractivity contribution < 1.29 is 17.9 Å². The molecule has 8 heteroatoms. The summed E-state index contributed by atoms with van der Waals surface area (Å²) in [5, 5.41) is 1.20. The van der Waals surface area contributed by atoms with E-state index in [1.54, 1.807) is 54.2 Å². The Labute approximate surface area is 151 Å². The lowest BCUT2D eigenvalue weighted by Gasteiger charge is -2.13. The summed E-state index contributed by atoms with van der Waals surface area (Å²) in [5.41, 5.74) is 2.58. The first-order chi connectivity index (χ1) is 12.4. The van der Waals surface area contributed by atoms with Crippen molar-refractivity contribution in [3.63, 3.8) is 0 Å². The summed E-state index contributed by atoms with van der Waals surface area (Å²) in [7, 11) is -2.27. The molecule has 1 heterocycles. The Hall–Kier alpha value is -2.84. The molecule has 2 aromatic carbocycles. The molecule has 7 nitrogen and oxygen atoms in total. The van der Waals surface area contributed by atoms with Gasteiger partial charge in [-0.2, -0.15) is 0 Å². The molecule has 0 aliphatic rings. The highest BCUT2D eigenvalue weighted by Crippen LogP contribution is 2.30. The Morgan fingerprint density at radius 2 is 1.81 bits per heavy atom. The Morgan fingerprint density at radius 3 is 2.46 bits per heavy atom. The van der Waals surface area contributed by atoms with Crippen molar-refractivity contribution >= 4 is 26.7 Å². The quantitative estimate of drug-likeness (QED) is 0.648. The molecule has 3 rings (SSSR count). The predicted octanol–water partition coefficient (Wildman–Crippen LogP) is 2.20. The highest BCUT2D eigenvalue weighted by atomic mass is 32.2. The van der Waals surface area contributed by atoms with Crippen molar-refractivity contribution in [2.24, 2.45) is 7.05 Å². The molecule has 0 atom stereocenters. The fourth-order valence-electron chi connectivity index (χ4n) is 2.69. The van der Waals surface area contributed by atoms with Crippen LogP contribution >= 0.6 is 0 Å². The highest BCUT2D eigenvalue weighted by Gasteiger charge is 2.20. The Balaban J connectivity index is 1.91. The number of benzene rings is 2. The molecule has 0 radical (unpaired) electrons. The molecule has 26 heavy (non-hydrogen) atoms. The maximum absolute atomic E-state index is 12.7. The molecule has 136 valence electrons. The van der Waals surface area contributed by atoms with Crippen LogP contribution in [0.2, 0.25) is 0 Å². The topological polar surface area (TPSA) is 89.4 Å².